The van der Waals surface area contributed by atoms with Crippen molar-refractivity contribution in [3.63, 3.8) is 0 Å². The highest BCUT2D eigenvalue weighted by atomic mass is 79.9. The maximum Gasteiger partial charge on any atom is 0.108 e. The Morgan fingerprint density at radius 2 is 2.29 bits per heavy atom. The van der Waals surface area contributed by atoms with Gasteiger partial charge >= 0.3 is 0 Å². The first-order chi connectivity index (χ1) is 8.19. The van der Waals surface area contributed by atoms with Gasteiger partial charge in [-0.15, -0.1) is 0 Å². The number of imidazole rings is 1. The minimum absolute atomic E-state index is 0.577. The average molecular weight is 296 g/mol. The summed E-state index contributed by atoms with van der Waals surface area (Å²) in [6.07, 6.45) is 2.10. The standard InChI is InChI=1S/C13H18BrN3/c1-3-9(2)15-7-6-13-16-11-5-4-10(14)8-12(11)17-13/h4-5,8-9,15H,3,6-7H2,1-2H3,(H,16,17). The Morgan fingerprint density at radius 1 is 1.47 bits per heavy atom. The lowest BCUT2D eigenvalue weighted by Crippen LogP contribution is -2.27. The fraction of sp³-hybridized carbons (Fsp3) is 0.462. The van der Waals surface area contributed by atoms with Crippen LogP contribution in [0.5, 0.6) is 0 Å². The molecule has 0 aliphatic carbocycles. The lowest BCUT2D eigenvalue weighted by Gasteiger charge is -2.09. The van der Waals surface area contributed by atoms with Crippen molar-refractivity contribution in [1.29, 1.82) is 0 Å². The molecule has 0 spiro atoms. The number of hydrogen-bond donors (Lipinski definition) is 2. The molecule has 92 valence electrons. The van der Waals surface area contributed by atoms with E-state index in [1.165, 1.54) is 0 Å². The van der Waals surface area contributed by atoms with Crippen molar-refractivity contribution < 1.29 is 0 Å². The Kier molecular flexibility index (Phi) is 4.18. The van der Waals surface area contributed by atoms with Crippen molar-refractivity contribution in [1.82, 2.24) is 15.3 Å². The number of halogens is 1. The molecule has 0 aliphatic heterocycles. The first-order valence-corrected chi connectivity index (χ1v) is 6.86. The van der Waals surface area contributed by atoms with Crippen LogP contribution in [0.25, 0.3) is 11.0 Å². The molecule has 0 amide bonds. The van der Waals surface area contributed by atoms with Crippen LogP contribution in [0.1, 0.15) is 26.1 Å². The van der Waals surface area contributed by atoms with Crippen LogP contribution < -0.4 is 5.32 Å². The number of nitrogens with zero attached hydrogens (tertiary/aromatic N) is 1. The molecule has 1 atom stereocenters. The highest BCUT2D eigenvalue weighted by molar-refractivity contribution is 9.10. The van der Waals surface area contributed by atoms with Crippen LogP contribution in [0.2, 0.25) is 0 Å². The predicted molar refractivity (Wildman–Crippen MR) is 75.3 cm³/mol. The summed E-state index contributed by atoms with van der Waals surface area (Å²) in [6, 6.07) is 6.69. The van der Waals surface area contributed by atoms with Gasteiger partial charge in [0.2, 0.25) is 0 Å². The van der Waals surface area contributed by atoms with Crippen LogP contribution >= 0.6 is 15.9 Å². The summed E-state index contributed by atoms with van der Waals surface area (Å²) >= 11 is 3.46. The molecular weight excluding hydrogens is 278 g/mol. The molecule has 2 rings (SSSR count). The smallest absolute Gasteiger partial charge is 0.108 e. The van der Waals surface area contributed by atoms with Crippen molar-refractivity contribution in [2.75, 3.05) is 6.54 Å². The molecule has 4 heteroatoms. The molecule has 1 aromatic carbocycles. The molecule has 0 radical (unpaired) electrons. The third-order valence-corrected chi connectivity index (χ3v) is 3.45. The van der Waals surface area contributed by atoms with E-state index in [4.69, 9.17) is 0 Å². The Bertz CT molecular complexity index is 492. The van der Waals surface area contributed by atoms with Crippen molar-refractivity contribution in [3.8, 4) is 0 Å². The number of nitrogens with one attached hydrogen (secondary N) is 2. The van der Waals surface area contributed by atoms with Crippen molar-refractivity contribution in [2.24, 2.45) is 0 Å². The average Bonchev–Trinajstić information content (AvgIpc) is 2.70. The van der Waals surface area contributed by atoms with E-state index in [1.807, 2.05) is 12.1 Å². The molecule has 3 nitrogen and oxygen atoms in total. The Hall–Kier alpha value is -0.870. The summed E-state index contributed by atoms with van der Waals surface area (Å²) in [5, 5.41) is 3.47. The van der Waals surface area contributed by atoms with Crippen LogP contribution in [0.3, 0.4) is 0 Å². The molecule has 1 heterocycles. The third-order valence-electron chi connectivity index (χ3n) is 2.96. The van der Waals surface area contributed by atoms with E-state index in [1.54, 1.807) is 0 Å². The minimum atomic E-state index is 0.577. The quantitative estimate of drug-likeness (QED) is 0.889. The molecule has 0 saturated carbocycles. The number of benzene rings is 1. The second-order valence-electron chi connectivity index (χ2n) is 4.36. The minimum Gasteiger partial charge on any atom is -0.342 e. The first-order valence-electron chi connectivity index (χ1n) is 6.06. The number of aromatic amines is 1. The van der Waals surface area contributed by atoms with Gasteiger partial charge in [-0.2, -0.15) is 0 Å². The molecule has 2 aromatic rings. The summed E-state index contributed by atoms with van der Waals surface area (Å²) in [7, 11) is 0. The van der Waals surface area contributed by atoms with E-state index in [0.717, 1.165) is 40.7 Å². The van der Waals surface area contributed by atoms with Crippen molar-refractivity contribution in [2.45, 2.75) is 32.7 Å². The second-order valence-corrected chi connectivity index (χ2v) is 5.27. The summed E-state index contributed by atoms with van der Waals surface area (Å²) < 4.78 is 1.08. The van der Waals surface area contributed by atoms with Gasteiger partial charge in [-0.25, -0.2) is 4.98 Å². The Labute approximate surface area is 110 Å². The number of rotatable bonds is 5. The van der Waals surface area contributed by atoms with Crippen LogP contribution in [0.4, 0.5) is 0 Å². The summed E-state index contributed by atoms with van der Waals surface area (Å²) in [5.74, 6) is 1.05. The largest absolute Gasteiger partial charge is 0.342 e. The maximum atomic E-state index is 4.56. The summed E-state index contributed by atoms with van der Waals surface area (Å²) in [5.41, 5.74) is 2.13. The monoisotopic (exact) mass is 295 g/mol. The van der Waals surface area contributed by atoms with E-state index in [9.17, 15) is 0 Å². The molecule has 2 N–H and O–H groups in total. The van der Waals surface area contributed by atoms with Crippen LogP contribution in [0, 0.1) is 0 Å². The third kappa shape index (κ3) is 3.30. The maximum absolute atomic E-state index is 4.56. The van der Waals surface area contributed by atoms with Crippen LogP contribution in [-0.2, 0) is 6.42 Å². The summed E-state index contributed by atoms with van der Waals surface area (Å²) in [4.78, 5) is 7.91. The number of fused-ring (bicyclic) bond motifs is 1. The van der Waals surface area contributed by atoms with Crippen LogP contribution in [0.15, 0.2) is 22.7 Å². The fourth-order valence-electron chi connectivity index (χ4n) is 1.73. The van der Waals surface area contributed by atoms with Gasteiger partial charge < -0.3 is 10.3 Å². The van der Waals surface area contributed by atoms with Gasteiger partial charge in [0, 0.05) is 23.5 Å². The second kappa shape index (κ2) is 5.65. The number of H-pyrrole nitrogens is 1. The zero-order valence-corrected chi connectivity index (χ0v) is 11.8. The lowest BCUT2D eigenvalue weighted by atomic mass is 10.2. The fourth-order valence-corrected chi connectivity index (χ4v) is 2.10. The molecule has 1 unspecified atom stereocenters. The molecule has 17 heavy (non-hydrogen) atoms. The van der Waals surface area contributed by atoms with Crippen molar-refractivity contribution in [3.05, 3.63) is 28.5 Å². The first kappa shape index (κ1) is 12.6. The Morgan fingerprint density at radius 3 is 3.06 bits per heavy atom. The molecular formula is C13H18BrN3. The lowest BCUT2D eigenvalue weighted by molar-refractivity contribution is 0.534. The molecule has 0 fully saturated rings. The van der Waals surface area contributed by atoms with Gasteiger partial charge in [0.25, 0.3) is 0 Å². The van der Waals surface area contributed by atoms with E-state index in [0.29, 0.717) is 6.04 Å². The molecule has 1 aromatic heterocycles. The van der Waals surface area contributed by atoms with Gasteiger partial charge in [-0.1, -0.05) is 22.9 Å². The number of aromatic nitrogens is 2. The van der Waals surface area contributed by atoms with Gasteiger partial charge in [-0.05, 0) is 31.5 Å². The predicted octanol–water partition coefficient (Wildman–Crippen LogP) is 3.26. The van der Waals surface area contributed by atoms with E-state index < -0.39 is 0 Å². The van der Waals surface area contributed by atoms with Crippen molar-refractivity contribution >= 4 is 27.0 Å². The Balaban J connectivity index is 1.99. The summed E-state index contributed by atoms with van der Waals surface area (Å²) in [6.45, 7) is 5.36. The topological polar surface area (TPSA) is 40.7 Å². The van der Waals surface area contributed by atoms with E-state index in [2.05, 4.69) is 51.1 Å². The highest BCUT2D eigenvalue weighted by Crippen LogP contribution is 2.17. The molecule has 0 bridgehead atoms. The zero-order chi connectivity index (χ0) is 12.3. The SMILES string of the molecule is CCC(C)NCCc1nc2ccc(Br)cc2[nH]1. The zero-order valence-electron chi connectivity index (χ0n) is 10.3. The van der Waals surface area contributed by atoms with Gasteiger partial charge in [0.1, 0.15) is 5.82 Å². The van der Waals surface area contributed by atoms with Crippen LogP contribution in [-0.4, -0.2) is 22.6 Å². The molecule has 0 saturated heterocycles. The van der Waals surface area contributed by atoms with Gasteiger partial charge in [0.05, 0.1) is 11.0 Å². The highest BCUT2D eigenvalue weighted by Gasteiger charge is 2.03. The van der Waals surface area contributed by atoms with E-state index >= 15 is 0 Å². The van der Waals surface area contributed by atoms with E-state index in [-0.39, 0.29) is 0 Å². The molecule has 0 aliphatic rings. The van der Waals surface area contributed by atoms with Gasteiger partial charge in [0.15, 0.2) is 0 Å². The van der Waals surface area contributed by atoms with Gasteiger partial charge in [-0.3, -0.25) is 0 Å². The number of hydrogen-bond acceptors (Lipinski definition) is 2. The normalized spacial score (nSPS) is 13.1.